The number of rotatable bonds is 9. The molecule has 3 aromatic carbocycles. The van der Waals surface area contributed by atoms with Gasteiger partial charge in [-0.25, -0.2) is 0 Å². The molecule has 6 heteroatoms. The van der Waals surface area contributed by atoms with E-state index in [0.29, 0.717) is 23.4 Å². The highest BCUT2D eigenvalue weighted by atomic mass is 16.5. The molecule has 3 N–H and O–H groups in total. The molecule has 1 aliphatic heterocycles. The lowest BCUT2D eigenvalue weighted by atomic mass is 9.99. The molecule has 35 heavy (non-hydrogen) atoms. The Bertz CT molecular complexity index is 1150. The lowest BCUT2D eigenvalue weighted by Gasteiger charge is -2.30. The molecule has 0 spiro atoms. The van der Waals surface area contributed by atoms with Crippen LogP contribution in [0.5, 0.6) is 5.75 Å². The van der Waals surface area contributed by atoms with Gasteiger partial charge in [-0.1, -0.05) is 55.5 Å². The summed E-state index contributed by atoms with van der Waals surface area (Å²) in [5, 5.41) is 2.99. The van der Waals surface area contributed by atoms with E-state index in [-0.39, 0.29) is 12.5 Å². The first kappa shape index (κ1) is 24.5. The molecule has 0 aromatic heterocycles. The molecule has 0 atom stereocenters. The molecule has 2 amide bonds. The van der Waals surface area contributed by atoms with Gasteiger partial charge < -0.3 is 15.8 Å². The first-order valence-corrected chi connectivity index (χ1v) is 12.2. The number of carbonyl (C=O) groups is 2. The van der Waals surface area contributed by atoms with E-state index in [2.05, 4.69) is 41.4 Å². The minimum Gasteiger partial charge on any atom is -0.488 e. The fourth-order valence-electron chi connectivity index (χ4n) is 4.28. The van der Waals surface area contributed by atoms with Crippen LogP contribution >= 0.6 is 0 Å². The molecule has 0 saturated carbocycles. The summed E-state index contributed by atoms with van der Waals surface area (Å²) in [5.74, 6) is 0.580. The SMILES string of the molecule is CC1CCN(Cc2ccc(CNC(=O)c3cccc(COc4ccccc4C(N)=O)c3)cc2)CC1. The molecule has 4 rings (SSSR count). The summed E-state index contributed by atoms with van der Waals surface area (Å²) in [7, 11) is 0. The normalized spacial score (nSPS) is 14.4. The van der Waals surface area contributed by atoms with E-state index in [1.165, 1.54) is 31.5 Å². The van der Waals surface area contributed by atoms with Crippen LogP contribution in [-0.2, 0) is 19.7 Å². The molecular formula is C29H33N3O3. The van der Waals surface area contributed by atoms with E-state index in [1.807, 2.05) is 12.1 Å². The predicted molar refractivity (Wildman–Crippen MR) is 137 cm³/mol. The van der Waals surface area contributed by atoms with Crippen LogP contribution in [0, 0.1) is 5.92 Å². The molecule has 0 bridgehead atoms. The van der Waals surface area contributed by atoms with Gasteiger partial charge in [-0.3, -0.25) is 14.5 Å². The molecule has 1 fully saturated rings. The average molecular weight is 472 g/mol. The van der Waals surface area contributed by atoms with Gasteiger partial charge in [-0.05, 0) is 72.8 Å². The third-order valence-corrected chi connectivity index (χ3v) is 6.49. The van der Waals surface area contributed by atoms with Crippen LogP contribution in [0.4, 0.5) is 0 Å². The van der Waals surface area contributed by atoms with Gasteiger partial charge in [0.2, 0.25) is 0 Å². The molecule has 1 heterocycles. The Morgan fingerprint density at radius 2 is 1.66 bits per heavy atom. The maximum Gasteiger partial charge on any atom is 0.252 e. The van der Waals surface area contributed by atoms with Crippen LogP contribution in [0.1, 0.15) is 57.2 Å². The van der Waals surface area contributed by atoms with E-state index in [9.17, 15) is 9.59 Å². The number of nitrogens with one attached hydrogen (secondary N) is 1. The fraction of sp³-hybridized carbons (Fsp3) is 0.310. The fourth-order valence-corrected chi connectivity index (χ4v) is 4.28. The third-order valence-electron chi connectivity index (χ3n) is 6.49. The van der Waals surface area contributed by atoms with Crippen LogP contribution in [0.2, 0.25) is 0 Å². The smallest absolute Gasteiger partial charge is 0.252 e. The van der Waals surface area contributed by atoms with Crippen molar-refractivity contribution < 1.29 is 14.3 Å². The number of nitrogens with two attached hydrogens (primary N) is 1. The van der Waals surface area contributed by atoms with Gasteiger partial charge in [0, 0.05) is 18.7 Å². The second-order valence-corrected chi connectivity index (χ2v) is 9.31. The van der Waals surface area contributed by atoms with Crippen molar-refractivity contribution in [2.75, 3.05) is 13.1 Å². The molecule has 0 radical (unpaired) electrons. The Kier molecular flexibility index (Phi) is 8.16. The maximum absolute atomic E-state index is 12.7. The van der Waals surface area contributed by atoms with Gasteiger partial charge in [0.15, 0.2) is 0 Å². The summed E-state index contributed by atoms with van der Waals surface area (Å²) in [6, 6.07) is 22.6. The summed E-state index contributed by atoms with van der Waals surface area (Å²) < 4.78 is 5.78. The number of nitrogens with zero attached hydrogens (tertiary/aromatic N) is 1. The molecule has 1 saturated heterocycles. The lowest BCUT2D eigenvalue weighted by molar-refractivity contribution is 0.0949. The quantitative estimate of drug-likeness (QED) is 0.480. The number of primary amides is 1. The largest absolute Gasteiger partial charge is 0.488 e. The van der Waals surface area contributed by atoms with Gasteiger partial charge in [0.05, 0.1) is 5.56 Å². The summed E-state index contributed by atoms with van der Waals surface area (Å²) in [6.07, 6.45) is 2.55. The van der Waals surface area contributed by atoms with Gasteiger partial charge in [0.25, 0.3) is 11.8 Å². The standard InChI is InChI=1S/C29H33N3O3/c1-21-13-15-32(16-14-21)19-23-11-9-22(10-12-23)18-31-29(34)25-6-4-5-24(17-25)20-35-27-8-3-2-7-26(27)28(30)33/h2-12,17,21H,13-16,18-20H2,1H3,(H2,30,33)(H,31,34). The summed E-state index contributed by atoms with van der Waals surface area (Å²) in [6.45, 7) is 6.34. The Labute approximate surface area is 207 Å². The van der Waals surface area contributed by atoms with E-state index in [0.717, 1.165) is 23.6 Å². The topological polar surface area (TPSA) is 84.7 Å². The number of hydrogen-bond acceptors (Lipinski definition) is 4. The van der Waals surface area contributed by atoms with Crippen molar-refractivity contribution in [2.45, 2.75) is 39.5 Å². The van der Waals surface area contributed by atoms with E-state index in [1.54, 1.807) is 36.4 Å². The van der Waals surface area contributed by atoms with E-state index >= 15 is 0 Å². The Morgan fingerprint density at radius 3 is 2.40 bits per heavy atom. The van der Waals surface area contributed by atoms with Crippen molar-refractivity contribution in [1.82, 2.24) is 10.2 Å². The second-order valence-electron chi connectivity index (χ2n) is 9.31. The first-order valence-electron chi connectivity index (χ1n) is 12.2. The number of para-hydroxylation sites is 1. The van der Waals surface area contributed by atoms with Crippen LogP contribution in [0.15, 0.2) is 72.8 Å². The zero-order valence-electron chi connectivity index (χ0n) is 20.2. The number of piperidine rings is 1. The molecule has 6 nitrogen and oxygen atoms in total. The summed E-state index contributed by atoms with van der Waals surface area (Å²) in [4.78, 5) is 26.8. The third kappa shape index (κ3) is 6.93. The summed E-state index contributed by atoms with van der Waals surface area (Å²) in [5.41, 5.74) is 9.50. The monoisotopic (exact) mass is 471 g/mol. The summed E-state index contributed by atoms with van der Waals surface area (Å²) >= 11 is 0. The zero-order chi connectivity index (χ0) is 24.6. The number of ether oxygens (including phenoxy) is 1. The van der Waals surface area contributed by atoms with E-state index < -0.39 is 5.91 Å². The lowest BCUT2D eigenvalue weighted by Crippen LogP contribution is -2.32. The Balaban J connectivity index is 1.28. The van der Waals surface area contributed by atoms with Crippen molar-refractivity contribution in [3.8, 4) is 5.75 Å². The van der Waals surface area contributed by atoms with Crippen molar-refractivity contribution >= 4 is 11.8 Å². The van der Waals surface area contributed by atoms with Crippen LogP contribution in [0.25, 0.3) is 0 Å². The second kappa shape index (κ2) is 11.7. The Morgan fingerprint density at radius 1 is 0.943 bits per heavy atom. The highest BCUT2D eigenvalue weighted by Crippen LogP contribution is 2.20. The van der Waals surface area contributed by atoms with Crippen LogP contribution in [0.3, 0.4) is 0 Å². The number of benzene rings is 3. The van der Waals surface area contributed by atoms with Crippen molar-refractivity contribution in [2.24, 2.45) is 11.7 Å². The average Bonchev–Trinajstić information content (AvgIpc) is 2.88. The van der Waals surface area contributed by atoms with Crippen molar-refractivity contribution in [3.63, 3.8) is 0 Å². The van der Waals surface area contributed by atoms with Gasteiger partial charge >= 0.3 is 0 Å². The molecule has 0 unspecified atom stereocenters. The molecular weight excluding hydrogens is 438 g/mol. The minimum absolute atomic E-state index is 0.143. The van der Waals surface area contributed by atoms with Gasteiger partial charge in [-0.2, -0.15) is 0 Å². The zero-order valence-corrected chi connectivity index (χ0v) is 20.2. The van der Waals surface area contributed by atoms with Crippen LogP contribution in [-0.4, -0.2) is 29.8 Å². The minimum atomic E-state index is -0.539. The predicted octanol–water partition coefficient (Wildman–Crippen LogP) is 4.53. The van der Waals surface area contributed by atoms with Crippen LogP contribution < -0.4 is 15.8 Å². The Hall–Kier alpha value is -3.64. The van der Waals surface area contributed by atoms with Gasteiger partial charge in [-0.15, -0.1) is 0 Å². The number of hydrogen-bond donors (Lipinski definition) is 2. The molecule has 3 aromatic rings. The molecule has 0 aliphatic carbocycles. The maximum atomic E-state index is 12.7. The number of likely N-dealkylation sites (tertiary alicyclic amines) is 1. The number of amides is 2. The highest BCUT2D eigenvalue weighted by molar-refractivity contribution is 5.95. The molecule has 182 valence electrons. The number of carbonyl (C=O) groups excluding carboxylic acids is 2. The van der Waals surface area contributed by atoms with Crippen molar-refractivity contribution in [1.29, 1.82) is 0 Å². The first-order chi connectivity index (χ1) is 17.0. The highest BCUT2D eigenvalue weighted by Gasteiger charge is 2.15. The molecule has 1 aliphatic rings. The van der Waals surface area contributed by atoms with E-state index in [4.69, 9.17) is 10.5 Å². The van der Waals surface area contributed by atoms with Crippen molar-refractivity contribution in [3.05, 3.63) is 101 Å². The van der Waals surface area contributed by atoms with Gasteiger partial charge in [0.1, 0.15) is 12.4 Å².